The maximum atomic E-state index is 9.95. The zero-order chi connectivity index (χ0) is 16.2. The summed E-state index contributed by atoms with van der Waals surface area (Å²) in [6, 6.07) is 16.4. The second-order valence-electron chi connectivity index (χ2n) is 6.63. The van der Waals surface area contributed by atoms with Crippen LogP contribution in [0.4, 0.5) is 0 Å². The zero-order valence-corrected chi connectivity index (χ0v) is 14.0. The summed E-state index contributed by atoms with van der Waals surface area (Å²) in [5, 5.41) is 9.95. The molecule has 0 heterocycles. The molecule has 0 bridgehead atoms. The van der Waals surface area contributed by atoms with E-state index in [1.807, 2.05) is 12.1 Å². The topological polar surface area (TPSA) is 23.5 Å². The van der Waals surface area contributed by atoms with E-state index < -0.39 is 0 Å². The largest absolute Gasteiger partial charge is 0.508 e. The van der Waals surface area contributed by atoms with Crippen LogP contribution in [0.5, 0.6) is 5.75 Å². The van der Waals surface area contributed by atoms with Crippen molar-refractivity contribution in [2.45, 2.75) is 25.7 Å². The quantitative estimate of drug-likeness (QED) is 0.903. The van der Waals surface area contributed by atoms with Crippen LogP contribution in [-0.4, -0.2) is 30.6 Å². The molecule has 0 radical (unpaired) electrons. The van der Waals surface area contributed by atoms with E-state index in [0.717, 1.165) is 24.9 Å². The van der Waals surface area contributed by atoms with Gasteiger partial charge in [-0.15, -0.1) is 0 Å². The van der Waals surface area contributed by atoms with Crippen molar-refractivity contribution in [1.29, 1.82) is 0 Å². The minimum absolute atomic E-state index is 0.332. The van der Waals surface area contributed by atoms with Crippen molar-refractivity contribution >= 4 is 5.57 Å². The molecule has 0 spiro atoms. The fourth-order valence-electron chi connectivity index (χ4n) is 3.51. The first kappa shape index (κ1) is 15.8. The number of aryl methyl sites for hydroxylation is 1. The molecule has 0 atom stereocenters. The first-order valence-electron chi connectivity index (χ1n) is 8.39. The average molecular weight is 307 g/mol. The number of aromatic hydroxyl groups is 1. The van der Waals surface area contributed by atoms with E-state index in [1.54, 1.807) is 6.07 Å². The highest BCUT2D eigenvalue weighted by Gasteiger charge is 2.18. The van der Waals surface area contributed by atoms with E-state index in [-0.39, 0.29) is 0 Å². The van der Waals surface area contributed by atoms with Gasteiger partial charge >= 0.3 is 0 Å². The van der Waals surface area contributed by atoms with Crippen LogP contribution in [-0.2, 0) is 6.42 Å². The highest BCUT2D eigenvalue weighted by molar-refractivity contribution is 5.84. The van der Waals surface area contributed by atoms with Crippen molar-refractivity contribution in [1.82, 2.24) is 4.90 Å². The number of phenolic OH excluding ortho intramolecular Hbond substituents is 1. The molecule has 0 unspecified atom stereocenters. The second-order valence-corrected chi connectivity index (χ2v) is 6.63. The Morgan fingerprint density at radius 1 is 0.957 bits per heavy atom. The van der Waals surface area contributed by atoms with Crippen LogP contribution in [0.15, 0.2) is 54.1 Å². The maximum absolute atomic E-state index is 9.95. The van der Waals surface area contributed by atoms with Crippen molar-refractivity contribution in [3.63, 3.8) is 0 Å². The minimum Gasteiger partial charge on any atom is -0.508 e. The second kappa shape index (κ2) is 7.01. The lowest BCUT2D eigenvalue weighted by Gasteiger charge is -2.24. The van der Waals surface area contributed by atoms with Crippen LogP contribution in [0.2, 0.25) is 0 Å². The number of rotatable bonds is 3. The third-order valence-electron chi connectivity index (χ3n) is 4.46. The van der Waals surface area contributed by atoms with E-state index in [4.69, 9.17) is 0 Å². The fraction of sp³-hybridized carbons (Fsp3) is 0.333. The Morgan fingerprint density at radius 2 is 1.74 bits per heavy atom. The highest BCUT2D eigenvalue weighted by Crippen LogP contribution is 2.35. The Balaban J connectivity index is 2.23. The Labute approximate surface area is 139 Å². The molecule has 0 saturated carbocycles. The lowest BCUT2D eigenvalue weighted by molar-refractivity contribution is 0.437. The highest BCUT2D eigenvalue weighted by atomic mass is 16.3. The molecule has 2 nitrogen and oxygen atoms in total. The smallest absolute Gasteiger partial charge is 0.116 e. The third kappa shape index (κ3) is 3.65. The van der Waals surface area contributed by atoms with Crippen molar-refractivity contribution in [3.8, 4) is 5.75 Å². The Kier molecular flexibility index (Phi) is 4.82. The van der Waals surface area contributed by atoms with Gasteiger partial charge in [-0.1, -0.05) is 36.4 Å². The maximum Gasteiger partial charge on any atom is 0.116 e. The van der Waals surface area contributed by atoms with Crippen molar-refractivity contribution in [2.75, 3.05) is 20.6 Å². The van der Waals surface area contributed by atoms with Gasteiger partial charge in [-0.2, -0.15) is 0 Å². The Bertz CT molecular complexity index is 715. The number of hydrogen-bond donors (Lipinski definition) is 1. The van der Waals surface area contributed by atoms with E-state index in [1.165, 1.54) is 35.1 Å². The molecule has 1 aliphatic rings. The molecule has 0 aromatic heterocycles. The lowest BCUT2D eigenvalue weighted by Crippen LogP contribution is -2.17. The van der Waals surface area contributed by atoms with E-state index in [9.17, 15) is 5.11 Å². The molecule has 2 heteroatoms. The van der Waals surface area contributed by atoms with Gasteiger partial charge in [-0.05, 0) is 79.7 Å². The monoisotopic (exact) mass is 307 g/mol. The number of benzene rings is 2. The summed E-state index contributed by atoms with van der Waals surface area (Å²) in [5.41, 5.74) is 6.64. The Morgan fingerprint density at radius 3 is 2.52 bits per heavy atom. The first-order valence-corrected chi connectivity index (χ1v) is 8.39. The summed E-state index contributed by atoms with van der Waals surface area (Å²) in [5.74, 6) is 0.332. The van der Waals surface area contributed by atoms with Gasteiger partial charge in [-0.25, -0.2) is 0 Å². The van der Waals surface area contributed by atoms with E-state index in [2.05, 4.69) is 49.3 Å². The molecule has 0 fully saturated rings. The molecule has 2 aromatic carbocycles. The molecule has 1 aliphatic carbocycles. The van der Waals surface area contributed by atoms with Gasteiger partial charge in [-0.3, -0.25) is 0 Å². The van der Waals surface area contributed by atoms with Crippen LogP contribution < -0.4 is 0 Å². The molecule has 0 amide bonds. The molecule has 2 aromatic rings. The van der Waals surface area contributed by atoms with E-state index >= 15 is 0 Å². The van der Waals surface area contributed by atoms with Crippen molar-refractivity contribution < 1.29 is 5.11 Å². The molecule has 120 valence electrons. The molecular formula is C21H25NO. The fourth-order valence-corrected chi connectivity index (χ4v) is 3.51. The molecular weight excluding hydrogens is 282 g/mol. The van der Waals surface area contributed by atoms with Gasteiger partial charge in [0.25, 0.3) is 0 Å². The van der Waals surface area contributed by atoms with Gasteiger partial charge in [0.05, 0.1) is 0 Å². The first-order chi connectivity index (χ1) is 11.1. The van der Waals surface area contributed by atoms with Gasteiger partial charge < -0.3 is 10.0 Å². The van der Waals surface area contributed by atoms with Crippen molar-refractivity contribution in [2.24, 2.45) is 0 Å². The van der Waals surface area contributed by atoms with Crippen molar-refractivity contribution in [3.05, 3.63) is 70.8 Å². The third-order valence-corrected chi connectivity index (χ3v) is 4.46. The number of hydrogen-bond acceptors (Lipinski definition) is 2. The zero-order valence-electron chi connectivity index (χ0n) is 14.0. The van der Waals surface area contributed by atoms with Crippen LogP contribution in [0.1, 0.15) is 36.0 Å². The number of phenols is 1. The summed E-state index contributed by atoms with van der Waals surface area (Å²) in [7, 11) is 4.25. The van der Waals surface area contributed by atoms with Crippen LogP contribution >= 0.6 is 0 Å². The molecule has 23 heavy (non-hydrogen) atoms. The van der Waals surface area contributed by atoms with Gasteiger partial charge in [0.15, 0.2) is 0 Å². The molecule has 0 saturated heterocycles. The van der Waals surface area contributed by atoms with Gasteiger partial charge in [0.1, 0.15) is 5.75 Å². The molecule has 1 N–H and O–H groups in total. The SMILES string of the molecule is CN(C)C/C1=C(\c2cccc(O)c2)c2ccccc2CCCC1. The number of likely N-dealkylation sites (N-methyl/N-ethyl adjacent to an activating group) is 1. The normalized spacial score (nSPS) is 18.4. The standard InChI is InChI=1S/C21H25NO/c1-22(2)15-18-10-4-3-8-16-9-5-6-13-20(16)21(18)17-11-7-12-19(23)14-17/h5-7,9,11-14,23H,3-4,8,10,15H2,1-2H3/b21-18+. The molecule has 0 aliphatic heterocycles. The number of fused-ring (bicyclic) bond motifs is 1. The van der Waals surface area contributed by atoms with Crippen LogP contribution in [0.3, 0.4) is 0 Å². The summed E-state index contributed by atoms with van der Waals surface area (Å²) < 4.78 is 0. The van der Waals surface area contributed by atoms with E-state index in [0.29, 0.717) is 5.75 Å². The average Bonchev–Trinajstić information content (AvgIpc) is 2.50. The predicted molar refractivity (Wildman–Crippen MR) is 96.7 cm³/mol. The Hall–Kier alpha value is -2.06. The predicted octanol–water partition coefficient (Wildman–Crippen LogP) is 4.48. The van der Waals surface area contributed by atoms with Gasteiger partial charge in [0.2, 0.25) is 0 Å². The summed E-state index contributed by atoms with van der Waals surface area (Å²) in [6.07, 6.45) is 4.71. The summed E-state index contributed by atoms with van der Waals surface area (Å²) in [6.45, 7) is 0.958. The number of nitrogens with zero attached hydrogens (tertiary/aromatic N) is 1. The minimum atomic E-state index is 0.332. The lowest BCUT2D eigenvalue weighted by atomic mass is 9.84. The molecule has 3 rings (SSSR count). The summed E-state index contributed by atoms with van der Waals surface area (Å²) in [4.78, 5) is 2.24. The van der Waals surface area contributed by atoms with Crippen LogP contribution in [0, 0.1) is 0 Å². The summed E-state index contributed by atoms with van der Waals surface area (Å²) >= 11 is 0. The van der Waals surface area contributed by atoms with Crippen LogP contribution in [0.25, 0.3) is 5.57 Å². The van der Waals surface area contributed by atoms with Gasteiger partial charge in [0, 0.05) is 6.54 Å².